The van der Waals surface area contributed by atoms with Gasteiger partial charge in [0.15, 0.2) is 0 Å². The fraction of sp³-hybridized carbons (Fsp3) is 0.368. The van der Waals surface area contributed by atoms with Gasteiger partial charge in [-0.2, -0.15) is 5.10 Å². The summed E-state index contributed by atoms with van der Waals surface area (Å²) in [6.07, 6.45) is 1.36. The Balaban J connectivity index is 1.97. The van der Waals surface area contributed by atoms with Crippen molar-refractivity contribution < 1.29 is 9.53 Å². The van der Waals surface area contributed by atoms with Crippen molar-refractivity contribution in [2.75, 3.05) is 4.90 Å². The van der Waals surface area contributed by atoms with E-state index in [9.17, 15) is 4.79 Å². The van der Waals surface area contributed by atoms with Crippen molar-refractivity contribution in [2.24, 2.45) is 0 Å². The highest BCUT2D eigenvalue weighted by Gasteiger charge is 2.21. The molecule has 0 fully saturated rings. The van der Waals surface area contributed by atoms with Gasteiger partial charge in [-0.05, 0) is 50.1 Å². The minimum absolute atomic E-state index is 0.114. The molecule has 1 aliphatic heterocycles. The number of aromatic nitrogens is 2. The zero-order valence-electron chi connectivity index (χ0n) is 14.5. The van der Waals surface area contributed by atoms with Crippen LogP contribution in [0.15, 0.2) is 30.9 Å². The molecular weight excluding hydrogens is 302 g/mol. The molecule has 1 aromatic carbocycles. The van der Waals surface area contributed by atoms with E-state index in [0.717, 1.165) is 34.7 Å². The summed E-state index contributed by atoms with van der Waals surface area (Å²) < 4.78 is 7.44. The molecule has 126 valence electrons. The quantitative estimate of drug-likeness (QED) is 0.793. The summed E-state index contributed by atoms with van der Waals surface area (Å²) in [5.74, 6) is -0.114. The summed E-state index contributed by atoms with van der Waals surface area (Å²) in [6, 6.07) is 6.05. The standard InChI is InChI=1S/C19H23N3O2/c1-5-19(23)21(10-18-13(3)20-22(6-2)14(18)4)17-8-7-15-11-24-12-16(15)9-17/h5,7-9H,1,6,10-12H2,2-4H3. The lowest BCUT2D eigenvalue weighted by molar-refractivity contribution is -0.114. The number of anilines is 1. The first-order valence-corrected chi connectivity index (χ1v) is 8.21. The summed E-state index contributed by atoms with van der Waals surface area (Å²) in [4.78, 5) is 14.2. The third kappa shape index (κ3) is 2.87. The maximum atomic E-state index is 12.5. The van der Waals surface area contributed by atoms with Crippen LogP contribution in [0.25, 0.3) is 0 Å². The molecule has 5 nitrogen and oxygen atoms in total. The lowest BCUT2D eigenvalue weighted by Crippen LogP contribution is -2.29. The Morgan fingerprint density at radius 3 is 2.79 bits per heavy atom. The first-order valence-electron chi connectivity index (χ1n) is 8.21. The molecule has 0 N–H and O–H groups in total. The van der Waals surface area contributed by atoms with E-state index in [1.807, 2.05) is 36.7 Å². The Kier molecular flexibility index (Phi) is 4.53. The molecule has 5 heteroatoms. The SMILES string of the molecule is C=CC(=O)N(Cc1c(C)nn(CC)c1C)c1ccc2c(c1)COC2. The van der Waals surface area contributed by atoms with Crippen molar-refractivity contribution in [3.8, 4) is 0 Å². The number of nitrogens with zero attached hydrogens (tertiary/aromatic N) is 3. The van der Waals surface area contributed by atoms with E-state index in [1.165, 1.54) is 11.6 Å². The van der Waals surface area contributed by atoms with Crippen LogP contribution in [-0.4, -0.2) is 15.7 Å². The van der Waals surface area contributed by atoms with E-state index in [4.69, 9.17) is 4.74 Å². The van der Waals surface area contributed by atoms with Gasteiger partial charge in [0, 0.05) is 23.5 Å². The zero-order valence-corrected chi connectivity index (χ0v) is 14.5. The molecular formula is C19H23N3O2. The van der Waals surface area contributed by atoms with Crippen LogP contribution in [0.5, 0.6) is 0 Å². The Hall–Kier alpha value is -2.40. The second-order valence-corrected chi connectivity index (χ2v) is 6.04. The van der Waals surface area contributed by atoms with Crippen molar-refractivity contribution in [3.63, 3.8) is 0 Å². The van der Waals surface area contributed by atoms with Crippen LogP contribution >= 0.6 is 0 Å². The van der Waals surface area contributed by atoms with Crippen molar-refractivity contribution in [3.05, 3.63) is 58.9 Å². The van der Waals surface area contributed by atoms with Gasteiger partial charge < -0.3 is 9.64 Å². The molecule has 1 aliphatic rings. The van der Waals surface area contributed by atoms with E-state index in [0.29, 0.717) is 19.8 Å². The number of benzene rings is 1. The molecule has 0 saturated carbocycles. The van der Waals surface area contributed by atoms with Crippen molar-refractivity contribution in [1.82, 2.24) is 9.78 Å². The minimum atomic E-state index is -0.114. The molecule has 24 heavy (non-hydrogen) atoms. The van der Waals surface area contributed by atoms with E-state index < -0.39 is 0 Å². The first-order chi connectivity index (χ1) is 11.5. The third-order valence-corrected chi connectivity index (χ3v) is 4.60. The molecule has 0 unspecified atom stereocenters. The number of carbonyl (C=O) groups is 1. The van der Waals surface area contributed by atoms with Gasteiger partial charge in [-0.15, -0.1) is 0 Å². The maximum absolute atomic E-state index is 12.5. The fourth-order valence-electron chi connectivity index (χ4n) is 3.16. The van der Waals surface area contributed by atoms with Crippen LogP contribution in [0.1, 0.15) is 35.0 Å². The Bertz CT molecular complexity index is 792. The van der Waals surface area contributed by atoms with Gasteiger partial charge in [0.25, 0.3) is 5.91 Å². The Labute approximate surface area is 142 Å². The van der Waals surface area contributed by atoms with Crippen molar-refractivity contribution in [1.29, 1.82) is 0 Å². The topological polar surface area (TPSA) is 47.4 Å². The second kappa shape index (κ2) is 6.61. The van der Waals surface area contributed by atoms with E-state index in [1.54, 1.807) is 4.90 Å². The first kappa shape index (κ1) is 16.5. The number of ether oxygens (including phenoxy) is 1. The third-order valence-electron chi connectivity index (χ3n) is 4.60. The summed E-state index contributed by atoms with van der Waals surface area (Å²) in [5, 5.41) is 4.55. The van der Waals surface area contributed by atoms with Gasteiger partial charge >= 0.3 is 0 Å². The van der Waals surface area contributed by atoms with Gasteiger partial charge in [0.2, 0.25) is 0 Å². The average Bonchev–Trinajstić information content (AvgIpc) is 3.16. The minimum Gasteiger partial charge on any atom is -0.372 e. The van der Waals surface area contributed by atoms with Gasteiger partial charge in [-0.1, -0.05) is 12.6 Å². The van der Waals surface area contributed by atoms with Crippen molar-refractivity contribution in [2.45, 2.75) is 47.1 Å². The molecule has 2 heterocycles. The number of aryl methyl sites for hydroxylation is 2. The summed E-state index contributed by atoms with van der Waals surface area (Å²) >= 11 is 0. The van der Waals surface area contributed by atoms with Crippen LogP contribution in [-0.2, 0) is 35.8 Å². The number of amides is 1. The molecule has 1 amide bonds. The second-order valence-electron chi connectivity index (χ2n) is 6.04. The summed E-state index contributed by atoms with van der Waals surface area (Å²) in [5.41, 5.74) is 6.35. The molecule has 2 aromatic rings. The van der Waals surface area contributed by atoms with Crippen molar-refractivity contribution >= 4 is 11.6 Å². The number of hydrogen-bond acceptors (Lipinski definition) is 3. The molecule has 0 radical (unpaired) electrons. The van der Waals surface area contributed by atoms with Crippen LogP contribution in [0.4, 0.5) is 5.69 Å². The van der Waals surface area contributed by atoms with Gasteiger partial charge in [0.1, 0.15) is 0 Å². The van der Waals surface area contributed by atoms with Crippen LogP contribution < -0.4 is 4.90 Å². The lowest BCUT2D eigenvalue weighted by atomic mass is 10.1. The highest BCUT2D eigenvalue weighted by Crippen LogP contribution is 2.27. The van der Waals surface area contributed by atoms with E-state index in [-0.39, 0.29) is 5.91 Å². The molecule has 0 atom stereocenters. The molecule has 1 aromatic heterocycles. The zero-order chi connectivity index (χ0) is 17.3. The lowest BCUT2D eigenvalue weighted by Gasteiger charge is -2.22. The molecule has 0 bridgehead atoms. The average molecular weight is 325 g/mol. The fourth-order valence-corrected chi connectivity index (χ4v) is 3.16. The Morgan fingerprint density at radius 1 is 1.38 bits per heavy atom. The van der Waals surface area contributed by atoms with E-state index >= 15 is 0 Å². The van der Waals surface area contributed by atoms with Gasteiger partial charge in [-0.25, -0.2) is 0 Å². The largest absolute Gasteiger partial charge is 0.372 e. The normalized spacial score (nSPS) is 13.0. The number of carbonyl (C=O) groups excluding carboxylic acids is 1. The number of rotatable bonds is 5. The predicted molar refractivity (Wildman–Crippen MR) is 93.7 cm³/mol. The molecule has 0 spiro atoms. The number of fused-ring (bicyclic) bond motifs is 1. The summed E-state index contributed by atoms with van der Waals surface area (Å²) in [7, 11) is 0. The van der Waals surface area contributed by atoms with Crippen LogP contribution in [0.3, 0.4) is 0 Å². The maximum Gasteiger partial charge on any atom is 0.250 e. The van der Waals surface area contributed by atoms with Gasteiger partial charge in [0.05, 0.1) is 25.5 Å². The number of hydrogen-bond donors (Lipinski definition) is 0. The Morgan fingerprint density at radius 2 is 2.12 bits per heavy atom. The smallest absolute Gasteiger partial charge is 0.250 e. The van der Waals surface area contributed by atoms with Gasteiger partial charge in [-0.3, -0.25) is 9.48 Å². The molecule has 0 saturated heterocycles. The molecule has 0 aliphatic carbocycles. The van der Waals surface area contributed by atoms with Crippen LogP contribution in [0.2, 0.25) is 0 Å². The highest BCUT2D eigenvalue weighted by atomic mass is 16.5. The predicted octanol–water partition coefficient (Wildman–Crippen LogP) is 3.27. The monoisotopic (exact) mass is 325 g/mol. The van der Waals surface area contributed by atoms with E-state index in [2.05, 4.69) is 18.6 Å². The summed E-state index contributed by atoms with van der Waals surface area (Å²) in [6.45, 7) is 12.3. The molecule has 3 rings (SSSR count). The highest BCUT2D eigenvalue weighted by molar-refractivity contribution is 6.01. The van der Waals surface area contributed by atoms with Crippen LogP contribution in [0, 0.1) is 13.8 Å².